The van der Waals surface area contributed by atoms with Crippen molar-refractivity contribution in [3.8, 4) is 28.6 Å². The lowest BCUT2D eigenvalue weighted by Gasteiger charge is -2.31. The SMILES string of the molecule is COc1cc(C(=O)NCC(=O)N2CCCC(c3nc(-c4cccc(F)c4)no3)C2)cc(OC)c1OC. The van der Waals surface area contributed by atoms with E-state index in [4.69, 9.17) is 18.7 Å². The van der Waals surface area contributed by atoms with Gasteiger partial charge in [0.15, 0.2) is 11.5 Å². The summed E-state index contributed by atoms with van der Waals surface area (Å²) in [4.78, 5) is 31.7. The number of methoxy groups -OCH3 is 3. The maximum absolute atomic E-state index is 13.5. The number of halogens is 1. The number of carbonyl (C=O) groups excluding carboxylic acids is 2. The molecule has 10 nitrogen and oxygen atoms in total. The highest BCUT2D eigenvalue weighted by Crippen LogP contribution is 2.38. The molecule has 1 unspecified atom stereocenters. The van der Waals surface area contributed by atoms with Crippen molar-refractivity contribution < 1.29 is 32.7 Å². The molecule has 11 heteroatoms. The van der Waals surface area contributed by atoms with Crippen molar-refractivity contribution >= 4 is 11.8 Å². The van der Waals surface area contributed by atoms with Crippen LogP contribution in [0.25, 0.3) is 11.4 Å². The monoisotopic (exact) mass is 498 g/mol. The summed E-state index contributed by atoms with van der Waals surface area (Å²) < 4.78 is 34.8. The van der Waals surface area contributed by atoms with E-state index in [0.29, 0.717) is 47.6 Å². The van der Waals surface area contributed by atoms with Gasteiger partial charge in [-0.15, -0.1) is 0 Å². The number of amides is 2. The van der Waals surface area contributed by atoms with Crippen molar-refractivity contribution in [3.05, 3.63) is 53.7 Å². The molecule has 4 rings (SSSR count). The number of piperidine rings is 1. The average Bonchev–Trinajstić information content (AvgIpc) is 3.41. The molecule has 3 aromatic rings. The maximum atomic E-state index is 13.5. The smallest absolute Gasteiger partial charge is 0.251 e. The van der Waals surface area contributed by atoms with Gasteiger partial charge >= 0.3 is 0 Å². The predicted molar refractivity (Wildman–Crippen MR) is 127 cm³/mol. The highest BCUT2D eigenvalue weighted by atomic mass is 19.1. The zero-order valence-corrected chi connectivity index (χ0v) is 20.2. The Labute approximate surface area is 207 Å². The van der Waals surface area contributed by atoms with E-state index in [1.54, 1.807) is 17.0 Å². The number of ether oxygens (including phenoxy) is 3. The highest BCUT2D eigenvalue weighted by Gasteiger charge is 2.29. The Hall–Kier alpha value is -4.15. The first-order chi connectivity index (χ1) is 17.4. The number of rotatable bonds is 8. The second kappa shape index (κ2) is 11.1. The van der Waals surface area contributed by atoms with Crippen LogP contribution in [0.3, 0.4) is 0 Å². The van der Waals surface area contributed by atoms with Gasteiger partial charge in [-0.05, 0) is 37.1 Å². The standard InChI is InChI=1S/C25H27FN4O6/c1-33-19-11-17(12-20(34-2)22(19)35-3)24(32)27-13-21(31)30-9-5-7-16(14-30)25-28-23(29-36-25)15-6-4-8-18(26)10-15/h4,6,8,10-12,16H,5,7,9,13-14H2,1-3H3,(H,27,32). The van der Waals surface area contributed by atoms with Crippen molar-refractivity contribution in [2.45, 2.75) is 18.8 Å². The zero-order valence-electron chi connectivity index (χ0n) is 20.2. The van der Waals surface area contributed by atoms with Crippen molar-refractivity contribution in [3.63, 3.8) is 0 Å². The largest absolute Gasteiger partial charge is 0.493 e. The van der Waals surface area contributed by atoms with Gasteiger partial charge in [-0.1, -0.05) is 17.3 Å². The van der Waals surface area contributed by atoms with E-state index in [1.807, 2.05) is 0 Å². The maximum Gasteiger partial charge on any atom is 0.251 e. The number of nitrogens with zero attached hydrogens (tertiary/aromatic N) is 3. The van der Waals surface area contributed by atoms with Crippen LogP contribution < -0.4 is 19.5 Å². The third-order valence-corrected chi connectivity index (χ3v) is 5.97. The lowest BCUT2D eigenvalue weighted by Crippen LogP contribution is -2.44. The lowest BCUT2D eigenvalue weighted by molar-refractivity contribution is -0.131. The summed E-state index contributed by atoms with van der Waals surface area (Å²) in [6.45, 7) is 0.754. The minimum Gasteiger partial charge on any atom is -0.493 e. The van der Waals surface area contributed by atoms with E-state index in [2.05, 4.69) is 15.5 Å². The van der Waals surface area contributed by atoms with Gasteiger partial charge in [0.2, 0.25) is 23.4 Å². The molecule has 1 aliphatic rings. The second-order valence-electron chi connectivity index (χ2n) is 8.24. The first-order valence-electron chi connectivity index (χ1n) is 11.4. The first-order valence-corrected chi connectivity index (χ1v) is 11.4. The molecule has 2 heterocycles. The number of nitrogens with one attached hydrogen (secondary N) is 1. The van der Waals surface area contributed by atoms with Crippen molar-refractivity contribution in [2.75, 3.05) is 41.0 Å². The van der Waals surface area contributed by atoms with E-state index < -0.39 is 5.91 Å². The van der Waals surface area contributed by atoms with Crippen LogP contribution >= 0.6 is 0 Å². The molecule has 0 spiro atoms. The van der Waals surface area contributed by atoms with E-state index in [9.17, 15) is 14.0 Å². The number of benzene rings is 2. The zero-order chi connectivity index (χ0) is 25.7. The normalized spacial score (nSPS) is 15.3. The van der Waals surface area contributed by atoms with Gasteiger partial charge in [0, 0.05) is 24.2 Å². The summed E-state index contributed by atoms with van der Waals surface area (Å²) in [5.41, 5.74) is 0.785. The molecular formula is C25H27FN4O6. The van der Waals surface area contributed by atoms with Crippen molar-refractivity contribution in [1.29, 1.82) is 0 Å². The molecular weight excluding hydrogens is 471 g/mol. The fourth-order valence-electron chi connectivity index (χ4n) is 4.13. The number of hydrogen-bond donors (Lipinski definition) is 1. The summed E-state index contributed by atoms with van der Waals surface area (Å²) >= 11 is 0. The third kappa shape index (κ3) is 5.40. The van der Waals surface area contributed by atoms with Gasteiger partial charge in [-0.25, -0.2) is 4.39 Å². The quantitative estimate of drug-likeness (QED) is 0.504. The van der Waals surface area contributed by atoms with Crippen LogP contribution in [-0.4, -0.2) is 67.8 Å². The van der Waals surface area contributed by atoms with E-state index in [1.165, 1.54) is 45.6 Å². The number of aromatic nitrogens is 2. The summed E-state index contributed by atoms with van der Waals surface area (Å²) in [7, 11) is 4.39. The molecule has 36 heavy (non-hydrogen) atoms. The fraction of sp³-hybridized carbons (Fsp3) is 0.360. The lowest BCUT2D eigenvalue weighted by atomic mass is 9.98. The third-order valence-electron chi connectivity index (χ3n) is 5.97. The number of carbonyl (C=O) groups is 2. The van der Waals surface area contributed by atoms with E-state index in [-0.39, 0.29) is 29.8 Å². The number of likely N-dealkylation sites (tertiary alicyclic amines) is 1. The Balaban J connectivity index is 1.38. The Morgan fingerprint density at radius 2 is 1.89 bits per heavy atom. The Bertz CT molecular complexity index is 1220. The van der Waals surface area contributed by atoms with Crippen LogP contribution in [0.2, 0.25) is 0 Å². The molecule has 190 valence electrons. The molecule has 0 bridgehead atoms. The van der Waals surface area contributed by atoms with Gasteiger partial charge in [0.25, 0.3) is 5.91 Å². The van der Waals surface area contributed by atoms with Crippen LogP contribution in [0, 0.1) is 5.82 Å². The summed E-state index contributed by atoms with van der Waals surface area (Å²) in [5, 5.41) is 6.62. The first kappa shape index (κ1) is 25.0. The van der Waals surface area contributed by atoms with Crippen LogP contribution in [0.1, 0.15) is 35.0 Å². The molecule has 0 saturated carbocycles. The van der Waals surface area contributed by atoms with Crippen LogP contribution in [0.4, 0.5) is 4.39 Å². The summed E-state index contributed by atoms with van der Waals surface area (Å²) in [6.07, 6.45) is 1.52. The van der Waals surface area contributed by atoms with Gasteiger partial charge in [-0.3, -0.25) is 9.59 Å². The van der Waals surface area contributed by atoms with Gasteiger partial charge in [-0.2, -0.15) is 4.98 Å². The molecule has 0 aliphatic carbocycles. The molecule has 2 amide bonds. The summed E-state index contributed by atoms with van der Waals surface area (Å²) in [6, 6.07) is 8.99. The van der Waals surface area contributed by atoms with Crippen molar-refractivity contribution in [2.24, 2.45) is 0 Å². The van der Waals surface area contributed by atoms with Gasteiger partial charge < -0.3 is 29.0 Å². The average molecular weight is 499 g/mol. The van der Waals surface area contributed by atoms with E-state index in [0.717, 1.165) is 12.8 Å². The molecule has 2 aromatic carbocycles. The fourth-order valence-corrected chi connectivity index (χ4v) is 4.13. The minimum absolute atomic E-state index is 0.150. The molecule has 1 aromatic heterocycles. The molecule has 1 saturated heterocycles. The van der Waals surface area contributed by atoms with Gasteiger partial charge in [0.1, 0.15) is 5.82 Å². The Morgan fingerprint density at radius 1 is 1.14 bits per heavy atom. The molecule has 1 N–H and O–H groups in total. The van der Waals surface area contributed by atoms with Crippen molar-refractivity contribution in [1.82, 2.24) is 20.4 Å². The molecule has 1 aliphatic heterocycles. The highest BCUT2D eigenvalue weighted by molar-refractivity contribution is 5.97. The van der Waals surface area contributed by atoms with E-state index >= 15 is 0 Å². The van der Waals surface area contributed by atoms with Crippen LogP contribution in [-0.2, 0) is 4.79 Å². The molecule has 1 fully saturated rings. The van der Waals surface area contributed by atoms with Crippen LogP contribution in [0.5, 0.6) is 17.2 Å². The molecule has 1 atom stereocenters. The predicted octanol–water partition coefficient (Wildman–Crippen LogP) is 3.04. The topological polar surface area (TPSA) is 116 Å². The van der Waals surface area contributed by atoms with Gasteiger partial charge in [0.05, 0.1) is 33.8 Å². The summed E-state index contributed by atoms with van der Waals surface area (Å²) in [5.74, 6) is 0.518. The van der Waals surface area contributed by atoms with Crippen LogP contribution in [0.15, 0.2) is 40.9 Å². The minimum atomic E-state index is -0.451. The Morgan fingerprint density at radius 3 is 2.56 bits per heavy atom. The molecule has 0 radical (unpaired) electrons. The second-order valence-corrected chi connectivity index (χ2v) is 8.24. The Kier molecular flexibility index (Phi) is 7.67. The number of hydrogen-bond acceptors (Lipinski definition) is 8.